The van der Waals surface area contributed by atoms with Gasteiger partial charge in [-0.25, -0.2) is 9.78 Å². The second-order valence-electron chi connectivity index (χ2n) is 6.48. The number of furan rings is 1. The Morgan fingerprint density at radius 1 is 1.14 bits per heavy atom. The predicted octanol–water partition coefficient (Wildman–Crippen LogP) is 3.31. The Bertz CT molecular complexity index is 951. The van der Waals surface area contributed by atoms with E-state index in [9.17, 15) is 9.59 Å². The number of amides is 3. The molecule has 1 fully saturated rings. The molecule has 2 aromatic heterocycles. The SMILES string of the molecule is O=C(Nc1cccc(OCc2cscn2)c1)N1CCN(C(=O)c2ccco2)CC1. The summed E-state index contributed by atoms with van der Waals surface area (Å²) in [7, 11) is 0. The van der Waals surface area contributed by atoms with Crippen LogP contribution >= 0.6 is 11.3 Å². The molecule has 1 aliphatic heterocycles. The number of hydrogen-bond donors (Lipinski definition) is 1. The number of nitrogens with zero attached hydrogens (tertiary/aromatic N) is 3. The zero-order chi connectivity index (χ0) is 20.1. The first-order valence-electron chi connectivity index (χ1n) is 9.18. The van der Waals surface area contributed by atoms with Crippen LogP contribution in [0.15, 0.2) is 58.0 Å². The first-order chi connectivity index (χ1) is 14.2. The van der Waals surface area contributed by atoms with Crippen molar-refractivity contribution >= 4 is 29.0 Å². The first kappa shape index (κ1) is 19.0. The summed E-state index contributed by atoms with van der Waals surface area (Å²) in [6, 6.07) is 10.4. The third-order valence-corrected chi connectivity index (χ3v) is 5.18. The maximum atomic E-state index is 12.6. The molecule has 1 N–H and O–H groups in total. The molecule has 0 atom stereocenters. The minimum atomic E-state index is -0.202. The molecule has 0 bridgehead atoms. The second kappa shape index (κ2) is 8.78. The number of rotatable bonds is 5. The molecule has 8 nitrogen and oxygen atoms in total. The van der Waals surface area contributed by atoms with Crippen LogP contribution in [-0.4, -0.2) is 52.9 Å². The van der Waals surface area contributed by atoms with Crippen molar-refractivity contribution in [1.82, 2.24) is 14.8 Å². The van der Waals surface area contributed by atoms with E-state index in [0.717, 1.165) is 5.69 Å². The van der Waals surface area contributed by atoms with Crippen molar-refractivity contribution in [1.29, 1.82) is 0 Å². The highest BCUT2D eigenvalue weighted by atomic mass is 32.1. The van der Waals surface area contributed by atoms with Gasteiger partial charge in [0, 0.05) is 43.3 Å². The summed E-state index contributed by atoms with van der Waals surface area (Å²) in [6.45, 7) is 2.22. The summed E-state index contributed by atoms with van der Waals surface area (Å²) in [4.78, 5) is 32.4. The van der Waals surface area contributed by atoms with E-state index in [1.54, 1.807) is 33.5 Å². The van der Waals surface area contributed by atoms with Crippen molar-refractivity contribution in [3.05, 3.63) is 65.0 Å². The lowest BCUT2D eigenvalue weighted by atomic mass is 10.3. The molecule has 0 radical (unpaired) electrons. The molecule has 0 aliphatic carbocycles. The fourth-order valence-electron chi connectivity index (χ4n) is 3.00. The standard InChI is InChI=1S/C20H20N4O4S/c25-19(18-5-2-10-27-18)23-6-8-24(9-7-23)20(26)22-15-3-1-4-17(11-15)28-12-16-13-29-14-21-16/h1-5,10-11,13-14H,6-9,12H2,(H,22,26). The van der Waals surface area contributed by atoms with Gasteiger partial charge in [0.1, 0.15) is 12.4 Å². The summed E-state index contributed by atoms with van der Waals surface area (Å²) in [5, 5.41) is 4.82. The van der Waals surface area contributed by atoms with Gasteiger partial charge in [0.15, 0.2) is 5.76 Å². The average molecular weight is 412 g/mol. The molecule has 3 heterocycles. The van der Waals surface area contributed by atoms with E-state index in [4.69, 9.17) is 9.15 Å². The Labute approximate surface area is 171 Å². The van der Waals surface area contributed by atoms with Gasteiger partial charge in [-0.05, 0) is 24.3 Å². The normalized spacial score (nSPS) is 13.9. The molecule has 3 amide bonds. The quantitative estimate of drug-likeness (QED) is 0.695. The van der Waals surface area contributed by atoms with Gasteiger partial charge in [0.2, 0.25) is 0 Å². The Balaban J connectivity index is 1.28. The van der Waals surface area contributed by atoms with Gasteiger partial charge in [0.25, 0.3) is 5.91 Å². The zero-order valence-electron chi connectivity index (χ0n) is 15.6. The van der Waals surface area contributed by atoms with Crippen LogP contribution in [0.25, 0.3) is 0 Å². The van der Waals surface area contributed by atoms with E-state index < -0.39 is 0 Å². The minimum Gasteiger partial charge on any atom is -0.487 e. The number of ether oxygens (including phenoxy) is 1. The Hall–Kier alpha value is -3.33. The van der Waals surface area contributed by atoms with Gasteiger partial charge < -0.3 is 24.3 Å². The molecule has 29 heavy (non-hydrogen) atoms. The van der Waals surface area contributed by atoms with Gasteiger partial charge in [0.05, 0.1) is 17.5 Å². The number of carbonyl (C=O) groups excluding carboxylic acids is 2. The van der Waals surface area contributed by atoms with E-state index in [-0.39, 0.29) is 11.9 Å². The molecule has 150 valence electrons. The van der Waals surface area contributed by atoms with Crippen molar-refractivity contribution < 1.29 is 18.7 Å². The van der Waals surface area contributed by atoms with E-state index >= 15 is 0 Å². The fourth-order valence-corrected chi connectivity index (χ4v) is 3.54. The molecule has 9 heteroatoms. The highest BCUT2D eigenvalue weighted by molar-refractivity contribution is 7.07. The van der Waals surface area contributed by atoms with E-state index in [1.807, 2.05) is 23.6 Å². The topological polar surface area (TPSA) is 87.9 Å². The van der Waals surface area contributed by atoms with Crippen LogP contribution in [0.1, 0.15) is 16.2 Å². The highest BCUT2D eigenvalue weighted by Crippen LogP contribution is 2.19. The van der Waals surface area contributed by atoms with Gasteiger partial charge >= 0.3 is 6.03 Å². The lowest BCUT2D eigenvalue weighted by Crippen LogP contribution is -2.51. The Morgan fingerprint density at radius 3 is 2.69 bits per heavy atom. The van der Waals surface area contributed by atoms with E-state index in [1.165, 1.54) is 17.6 Å². The number of carbonyl (C=O) groups is 2. The van der Waals surface area contributed by atoms with Crippen molar-refractivity contribution in [2.75, 3.05) is 31.5 Å². The summed E-state index contributed by atoms with van der Waals surface area (Å²) in [6.07, 6.45) is 1.48. The maximum absolute atomic E-state index is 12.6. The fraction of sp³-hybridized carbons (Fsp3) is 0.250. The summed E-state index contributed by atoms with van der Waals surface area (Å²) < 4.78 is 10.9. The molecule has 4 rings (SSSR count). The van der Waals surface area contributed by atoms with E-state index in [0.29, 0.717) is 50.0 Å². The number of nitrogens with one attached hydrogen (secondary N) is 1. The number of piperazine rings is 1. The Morgan fingerprint density at radius 2 is 1.97 bits per heavy atom. The van der Waals surface area contributed by atoms with Crippen molar-refractivity contribution in [2.45, 2.75) is 6.61 Å². The first-order valence-corrected chi connectivity index (χ1v) is 10.1. The van der Waals surface area contributed by atoms with Gasteiger partial charge in [-0.3, -0.25) is 4.79 Å². The van der Waals surface area contributed by atoms with Crippen LogP contribution in [-0.2, 0) is 6.61 Å². The predicted molar refractivity (Wildman–Crippen MR) is 108 cm³/mol. The number of urea groups is 1. The molecule has 1 aliphatic rings. The van der Waals surface area contributed by atoms with Crippen LogP contribution in [0.5, 0.6) is 5.75 Å². The lowest BCUT2D eigenvalue weighted by Gasteiger charge is -2.34. The van der Waals surface area contributed by atoms with E-state index in [2.05, 4.69) is 10.3 Å². The summed E-state index contributed by atoms with van der Waals surface area (Å²) in [5.41, 5.74) is 3.28. The average Bonchev–Trinajstić information content (AvgIpc) is 3.46. The number of benzene rings is 1. The van der Waals surface area contributed by atoms with Crippen molar-refractivity contribution in [3.63, 3.8) is 0 Å². The van der Waals surface area contributed by atoms with Gasteiger partial charge in [-0.15, -0.1) is 11.3 Å². The zero-order valence-corrected chi connectivity index (χ0v) is 16.4. The molecular formula is C20H20N4O4S. The molecule has 1 saturated heterocycles. The third kappa shape index (κ3) is 4.75. The number of thiazole rings is 1. The maximum Gasteiger partial charge on any atom is 0.321 e. The number of hydrogen-bond acceptors (Lipinski definition) is 6. The molecule has 0 unspecified atom stereocenters. The molecular weight excluding hydrogens is 392 g/mol. The summed E-state index contributed by atoms with van der Waals surface area (Å²) in [5.74, 6) is 0.821. The van der Waals surface area contributed by atoms with Crippen molar-refractivity contribution in [3.8, 4) is 5.75 Å². The molecule has 0 spiro atoms. The second-order valence-corrected chi connectivity index (χ2v) is 7.20. The largest absolute Gasteiger partial charge is 0.487 e. The van der Waals surface area contributed by atoms with Crippen LogP contribution in [0.3, 0.4) is 0 Å². The molecule has 0 saturated carbocycles. The van der Waals surface area contributed by atoms with Crippen LogP contribution in [0.2, 0.25) is 0 Å². The molecule has 3 aromatic rings. The number of aromatic nitrogens is 1. The van der Waals surface area contributed by atoms with Gasteiger partial charge in [-0.1, -0.05) is 6.07 Å². The number of anilines is 1. The van der Waals surface area contributed by atoms with Crippen LogP contribution < -0.4 is 10.1 Å². The monoisotopic (exact) mass is 412 g/mol. The molecule has 1 aromatic carbocycles. The lowest BCUT2D eigenvalue weighted by molar-refractivity contribution is 0.0640. The Kier molecular flexibility index (Phi) is 5.76. The van der Waals surface area contributed by atoms with Crippen LogP contribution in [0.4, 0.5) is 10.5 Å². The minimum absolute atomic E-state index is 0.153. The van der Waals surface area contributed by atoms with Crippen LogP contribution in [0, 0.1) is 0 Å². The highest BCUT2D eigenvalue weighted by Gasteiger charge is 2.26. The van der Waals surface area contributed by atoms with Gasteiger partial charge in [-0.2, -0.15) is 0 Å². The van der Waals surface area contributed by atoms with Crippen molar-refractivity contribution in [2.24, 2.45) is 0 Å². The smallest absolute Gasteiger partial charge is 0.321 e. The summed E-state index contributed by atoms with van der Waals surface area (Å²) >= 11 is 1.52. The third-order valence-electron chi connectivity index (χ3n) is 4.54.